The van der Waals surface area contributed by atoms with Crippen molar-refractivity contribution in [1.29, 1.82) is 0 Å². The Balaban J connectivity index is 1.10. The first kappa shape index (κ1) is 30.5. The molecule has 54 heavy (non-hydrogen) atoms. The summed E-state index contributed by atoms with van der Waals surface area (Å²) in [6.45, 7) is 0. The van der Waals surface area contributed by atoms with Gasteiger partial charge in [0, 0.05) is 33.1 Å². The van der Waals surface area contributed by atoms with Crippen molar-refractivity contribution in [2.45, 2.75) is 0 Å². The van der Waals surface area contributed by atoms with Crippen molar-refractivity contribution < 1.29 is 4.42 Å². The van der Waals surface area contributed by atoms with Crippen molar-refractivity contribution in [2.75, 3.05) is 4.90 Å². The average molecular weight is 688 g/mol. The number of anilines is 3. The standard InChI is InChI=1S/C52H33NO/c1-3-15-40-34(11-1)27-31-46-42(18-8-20-44(40)46)36-25-29-38(30-26-36)53(50-23-10-21-45-41-16-4-2-12-35(41)28-32-47(45)50)39-14-7-13-37(33-39)43-19-9-22-49-48-17-5-6-24-51(48)54-52(43)49/h1-33H. The minimum atomic E-state index is 0.903. The zero-order chi connectivity index (χ0) is 35.6. The first-order valence-corrected chi connectivity index (χ1v) is 18.5. The van der Waals surface area contributed by atoms with Gasteiger partial charge in [0.15, 0.2) is 0 Å². The van der Waals surface area contributed by atoms with Gasteiger partial charge in [-0.3, -0.25) is 0 Å². The van der Waals surface area contributed by atoms with Gasteiger partial charge in [0.1, 0.15) is 11.2 Å². The zero-order valence-corrected chi connectivity index (χ0v) is 29.4. The Hall–Kier alpha value is -7.16. The first-order valence-electron chi connectivity index (χ1n) is 18.5. The number of rotatable bonds is 5. The molecule has 0 aliphatic heterocycles. The lowest BCUT2D eigenvalue weighted by Crippen LogP contribution is -2.10. The van der Waals surface area contributed by atoms with Crippen LogP contribution in [-0.2, 0) is 0 Å². The number of hydrogen-bond acceptors (Lipinski definition) is 2. The van der Waals surface area contributed by atoms with Gasteiger partial charge in [-0.1, -0.05) is 164 Å². The predicted molar refractivity (Wildman–Crippen MR) is 229 cm³/mol. The van der Waals surface area contributed by atoms with Gasteiger partial charge in [-0.25, -0.2) is 0 Å². The highest BCUT2D eigenvalue weighted by molar-refractivity contribution is 6.14. The molecule has 0 unspecified atom stereocenters. The summed E-state index contributed by atoms with van der Waals surface area (Å²) < 4.78 is 6.50. The number of fused-ring (bicyclic) bond motifs is 9. The number of nitrogens with zero attached hydrogens (tertiary/aromatic N) is 1. The molecule has 11 rings (SSSR count). The highest BCUT2D eigenvalue weighted by Crippen LogP contribution is 2.44. The van der Waals surface area contributed by atoms with E-state index in [0.717, 1.165) is 50.1 Å². The Morgan fingerprint density at radius 1 is 0.315 bits per heavy atom. The maximum atomic E-state index is 6.50. The lowest BCUT2D eigenvalue weighted by atomic mass is 9.94. The van der Waals surface area contributed by atoms with Crippen molar-refractivity contribution in [3.63, 3.8) is 0 Å². The van der Waals surface area contributed by atoms with Crippen LogP contribution in [0.1, 0.15) is 0 Å². The number of furan rings is 1. The molecule has 0 saturated carbocycles. The van der Waals surface area contributed by atoms with Gasteiger partial charge in [0.05, 0.1) is 5.69 Å². The molecule has 0 saturated heterocycles. The molecule has 0 spiro atoms. The van der Waals surface area contributed by atoms with E-state index in [9.17, 15) is 0 Å². The monoisotopic (exact) mass is 687 g/mol. The molecule has 2 heteroatoms. The zero-order valence-electron chi connectivity index (χ0n) is 29.4. The van der Waals surface area contributed by atoms with E-state index in [1.807, 2.05) is 12.1 Å². The molecule has 0 aliphatic carbocycles. The summed E-state index contributed by atoms with van der Waals surface area (Å²) in [5, 5.41) is 12.3. The predicted octanol–water partition coefficient (Wildman–Crippen LogP) is 15.0. The summed E-state index contributed by atoms with van der Waals surface area (Å²) in [6, 6.07) is 72.3. The van der Waals surface area contributed by atoms with Crippen LogP contribution in [0.15, 0.2) is 205 Å². The fourth-order valence-corrected chi connectivity index (χ4v) is 8.52. The van der Waals surface area contributed by atoms with Gasteiger partial charge in [0.25, 0.3) is 0 Å². The van der Waals surface area contributed by atoms with E-state index in [1.165, 1.54) is 54.2 Å². The maximum absolute atomic E-state index is 6.50. The molecule has 2 nitrogen and oxygen atoms in total. The summed E-state index contributed by atoms with van der Waals surface area (Å²) in [7, 11) is 0. The van der Waals surface area contributed by atoms with Crippen molar-refractivity contribution in [2.24, 2.45) is 0 Å². The molecule has 0 radical (unpaired) electrons. The summed E-state index contributed by atoms with van der Waals surface area (Å²) in [6.07, 6.45) is 0. The summed E-state index contributed by atoms with van der Waals surface area (Å²) in [5.41, 5.74) is 9.70. The second-order valence-electron chi connectivity index (χ2n) is 14.1. The molecule has 0 aliphatic rings. The van der Waals surface area contributed by atoms with E-state index >= 15 is 0 Å². The quantitative estimate of drug-likeness (QED) is 0.168. The Kier molecular flexibility index (Phi) is 6.90. The van der Waals surface area contributed by atoms with Crippen LogP contribution in [0, 0.1) is 0 Å². The largest absolute Gasteiger partial charge is 0.455 e. The van der Waals surface area contributed by atoms with Gasteiger partial charge < -0.3 is 9.32 Å². The van der Waals surface area contributed by atoms with Crippen LogP contribution in [0.2, 0.25) is 0 Å². The van der Waals surface area contributed by atoms with Crippen LogP contribution >= 0.6 is 0 Å². The minimum absolute atomic E-state index is 0.903. The molecule has 1 heterocycles. The summed E-state index contributed by atoms with van der Waals surface area (Å²) in [5.74, 6) is 0. The fourth-order valence-electron chi connectivity index (χ4n) is 8.52. The highest BCUT2D eigenvalue weighted by atomic mass is 16.3. The van der Waals surface area contributed by atoms with Crippen LogP contribution in [0.4, 0.5) is 17.1 Å². The normalized spacial score (nSPS) is 11.7. The van der Waals surface area contributed by atoms with Crippen LogP contribution in [0.3, 0.4) is 0 Å². The molecular weight excluding hydrogens is 655 g/mol. The molecule has 252 valence electrons. The smallest absolute Gasteiger partial charge is 0.143 e. The van der Waals surface area contributed by atoms with Gasteiger partial charge >= 0.3 is 0 Å². The van der Waals surface area contributed by atoms with Crippen LogP contribution in [0.25, 0.3) is 87.3 Å². The van der Waals surface area contributed by atoms with Gasteiger partial charge in [-0.15, -0.1) is 0 Å². The van der Waals surface area contributed by atoms with E-state index in [0.29, 0.717) is 0 Å². The minimum Gasteiger partial charge on any atom is -0.455 e. The topological polar surface area (TPSA) is 16.4 Å². The summed E-state index contributed by atoms with van der Waals surface area (Å²) >= 11 is 0. The van der Waals surface area contributed by atoms with Crippen molar-refractivity contribution in [3.8, 4) is 22.3 Å². The Morgan fingerprint density at radius 2 is 0.907 bits per heavy atom. The van der Waals surface area contributed by atoms with E-state index in [1.54, 1.807) is 0 Å². The molecule has 0 N–H and O–H groups in total. The van der Waals surface area contributed by atoms with E-state index in [4.69, 9.17) is 4.42 Å². The van der Waals surface area contributed by atoms with E-state index < -0.39 is 0 Å². The van der Waals surface area contributed by atoms with Crippen LogP contribution in [-0.4, -0.2) is 0 Å². The molecule has 1 aromatic heterocycles. The Bertz CT molecular complexity index is 3230. The molecule has 0 fully saturated rings. The second kappa shape index (κ2) is 12.2. The van der Waals surface area contributed by atoms with Crippen LogP contribution < -0.4 is 4.90 Å². The average Bonchev–Trinajstić information content (AvgIpc) is 3.63. The fraction of sp³-hybridized carbons (Fsp3) is 0. The van der Waals surface area contributed by atoms with Gasteiger partial charge in [-0.05, 0) is 90.8 Å². The highest BCUT2D eigenvalue weighted by Gasteiger charge is 2.19. The second-order valence-corrected chi connectivity index (χ2v) is 14.1. The number of para-hydroxylation sites is 2. The van der Waals surface area contributed by atoms with Crippen molar-refractivity contribution >= 4 is 82.1 Å². The third-order valence-corrected chi connectivity index (χ3v) is 11.0. The Morgan fingerprint density at radius 3 is 1.69 bits per heavy atom. The SMILES string of the molecule is c1cc(-c2cccc3c2oc2ccccc23)cc(N(c2ccc(-c3cccc4c3ccc3ccccc34)cc2)c2cccc3c2ccc2ccccc23)c1. The van der Waals surface area contributed by atoms with E-state index in [-0.39, 0.29) is 0 Å². The molecule has 11 aromatic rings. The molecule has 0 amide bonds. The van der Waals surface area contributed by atoms with Crippen molar-refractivity contribution in [3.05, 3.63) is 200 Å². The van der Waals surface area contributed by atoms with E-state index in [2.05, 4.69) is 193 Å². The van der Waals surface area contributed by atoms with Gasteiger partial charge in [-0.2, -0.15) is 0 Å². The molecule has 10 aromatic carbocycles. The number of benzene rings is 10. The van der Waals surface area contributed by atoms with Crippen LogP contribution in [0.5, 0.6) is 0 Å². The lowest BCUT2D eigenvalue weighted by Gasteiger charge is -2.28. The summed E-state index contributed by atoms with van der Waals surface area (Å²) in [4.78, 5) is 2.40. The molecule has 0 atom stereocenters. The first-order chi connectivity index (χ1) is 26.8. The molecule has 0 bridgehead atoms. The third-order valence-electron chi connectivity index (χ3n) is 11.0. The lowest BCUT2D eigenvalue weighted by molar-refractivity contribution is 0.670. The third kappa shape index (κ3) is 4.81. The van der Waals surface area contributed by atoms with Gasteiger partial charge in [0.2, 0.25) is 0 Å². The Labute approximate surface area is 312 Å². The maximum Gasteiger partial charge on any atom is 0.143 e. The number of hydrogen-bond donors (Lipinski definition) is 0. The molecular formula is C52H33NO. The van der Waals surface area contributed by atoms with Crippen molar-refractivity contribution in [1.82, 2.24) is 0 Å².